The molecule has 0 aromatic heterocycles. The maximum Gasteiger partial charge on any atom is 0.416 e. The fraction of sp³-hybridized carbons (Fsp3) is 0.235. The molecule has 1 amide bonds. The Balaban J connectivity index is 1.93. The molecule has 0 saturated carbocycles. The molecule has 0 fully saturated rings. The summed E-state index contributed by atoms with van der Waals surface area (Å²) in [4.78, 5) is 13.2. The van der Waals surface area contributed by atoms with Gasteiger partial charge in [0.1, 0.15) is 12.4 Å². The van der Waals surface area contributed by atoms with Gasteiger partial charge in [-0.1, -0.05) is 6.07 Å². The van der Waals surface area contributed by atoms with Crippen LogP contribution in [0.5, 0.6) is 5.75 Å². The molecule has 1 aliphatic heterocycles. The Bertz CT molecular complexity index is 990. The molecule has 10 heteroatoms. The molecule has 0 spiro atoms. The molecule has 0 radical (unpaired) electrons. The van der Waals surface area contributed by atoms with Crippen molar-refractivity contribution in [2.24, 2.45) is 0 Å². The number of nitrogens with one attached hydrogen (secondary N) is 1. The third-order valence-electron chi connectivity index (χ3n) is 3.96. The number of benzene rings is 2. The highest BCUT2D eigenvalue weighted by atomic mass is 32.2. The highest BCUT2D eigenvalue weighted by Gasteiger charge is 2.31. The molecule has 0 unspecified atom stereocenters. The van der Waals surface area contributed by atoms with E-state index in [1.807, 2.05) is 0 Å². The second-order valence-electron chi connectivity index (χ2n) is 5.92. The zero-order valence-corrected chi connectivity index (χ0v) is 14.9. The topological polar surface area (TPSA) is 75.7 Å². The van der Waals surface area contributed by atoms with E-state index in [0.717, 1.165) is 18.2 Å². The lowest BCUT2D eigenvalue weighted by atomic mass is 10.1. The van der Waals surface area contributed by atoms with E-state index in [4.69, 9.17) is 4.74 Å². The highest BCUT2D eigenvalue weighted by Crippen LogP contribution is 2.31. The van der Waals surface area contributed by atoms with Crippen LogP contribution in [0.3, 0.4) is 0 Å². The first kappa shape index (κ1) is 19.0. The molecule has 1 heterocycles. The van der Waals surface area contributed by atoms with E-state index in [1.54, 1.807) is 7.05 Å². The molecular weight excluding hydrogens is 385 g/mol. The van der Waals surface area contributed by atoms with E-state index in [0.29, 0.717) is 25.0 Å². The first-order valence-electron chi connectivity index (χ1n) is 7.80. The normalized spacial score (nSPS) is 15.0. The van der Waals surface area contributed by atoms with Crippen LogP contribution in [-0.2, 0) is 16.2 Å². The van der Waals surface area contributed by atoms with Gasteiger partial charge in [0.2, 0.25) is 0 Å². The van der Waals surface area contributed by atoms with Gasteiger partial charge in [-0.05, 0) is 36.4 Å². The van der Waals surface area contributed by atoms with Crippen molar-refractivity contribution in [2.75, 3.05) is 24.9 Å². The first-order chi connectivity index (χ1) is 12.6. The molecule has 3 rings (SSSR count). The molecule has 1 N–H and O–H groups in total. The fourth-order valence-electron chi connectivity index (χ4n) is 2.54. The van der Waals surface area contributed by atoms with Gasteiger partial charge in [-0.25, -0.2) is 8.42 Å². The van der Waals surface area contributed by atoms with Crippen molar-refractivity contribution in [1.29, 1.82) is 0 Å². The Morgan fingerprint density at radius 2 is 1.89 bits per heavy atom. The van der Waals surface area contributed by atoms with Crippen LogP contribution in [0.2, 0.25) is 0 Å². The van der Waals surface area contributed by atoms with Gasteiger partial charge in [0.05, 0.1) is 22.6 Å². The summed E-state index contributed by atoms with van der Waals surface area (Å²) < 4.78 is 71.0. The van der Waals surface area contributed by atoms with Gasteiger partial charge in [0, 0.05) is 12.7 Å². The van der Waals surface area contributed by atoms with Crippen molar-refractivity contribution in [1.82, 2.24) is 4.90 Å². The average Bonchev–Trinajstić information content (AvgIpc) is 2.74. The van der Waals surface area contributed by atoms with Crippen molar-refractivity contribution >= 4 is 21.6 Å². The van der Waals surface area contributed by atoms with E-state index in [9.17, 15) is 26.4 Å². The number of halogens is 3. The largest absolute Gasteiger partial charge is 0.491 e. The monoisotopic (exact) mass is 400 g/mol. The number of rotatable bonds is 3. The third kappa shape index (κ3) is 4.00. The molecule has 1 aliphatic rings. The Hall–Kier alpha value is -2.75. The number of likely N-dealkylation sites (N-methyl/N-ethyl adjacent to an activating group) is 1. The SMILES string of the molecule is CN1CCOc2ccc(NS(=O)(=O)c3cccc(C(F)(F)F)c3)cc2C1=O. The van der Waals surface area contributed by atoms with Crippen LogP contribution >= 0.6 is 0 Å². The van der Waals surface area contributed by atoms with Crippen LogP contribution in [0.15, 0.2) is 47.4 Å². The molecule has 6 nitrogen and oxygen atoms in total. The van der Waals surface area contributed by atoms with Crippen LogP contribution in [0.4, 0.5) is 18.9 Å². The number of fused-ring (bicyclic) bond motifs is 1. The lowest BCUT2D eigenvalue weighted by Crippen LogP contribution is -2.27. The number of alkyl halides is 3. The smallest absolute Gasteiger partial charge is 0.416 e. The number of carbonyl (C=O) groups excluding carboxylic acids is 1. The number of ether oxygens (including phenoxy) is 1. The summed E-state index contributed by atoms with van der Waals surface area (Å²) in [6.45, 7) is 0.670. The maximum atomic E-state index is 12.8. The lowest BCUT2D eigenvalue weighted by molar-refractivity contribution is -0.137. The van der Waals surface area contributed by atoms with E-state index < -0.39 is 26.7 Å². The molecule has 0 aliphatic carbocycles. The molecular formula is C17H15F3N2O4S. The number of hydrogen-bond acceptors (Lipinski definition) is 4. The van der Waals surface area contributed by atoms with Gasteiger partial charge >= 0.3 is 6.18 Å². The molecule has 2 aromatic carbocycles. The summed E-state index contributed by atoms with van der Waals surface area (Å²) in [5, 5.41) is 0. The number of anilines is 1. The number of amides is 1. The zero-order chi connectivity index (χ0) is 19.8. The van der Waals surface area contributed by atoms with Gasteiger partial charge in [-0.15, -0.1) is 0 Å². The fourth-order valence-corrected chi connectivity index (χ4v) is 3.63. The zero-order valence-electron chi connectivity index (χ0n) is 14.1. The van der Waals surface area contributed by atoms with Gasteiger partial charge in [-0.2, -0.15) is 13.2 Å². The molecule has 0 atom stereocenters. The second-order valence-corrected chi connectivity index (χ2v) is 7.60. The summed E-state index contributed by atoms with van der Waals surface area (Å²) in [5.41, 5.74) is -0.866. The Kier molecular flexibility index (Phi) is 4.77. The van der Waals surface area contributed by atoms with E-state index in [1.165, 1.54) is 23.1 Å². The van der Waals surface area contributed by atoms with E-state index in [-0.39, 0.29) is 17.2 Å². The Labute approximate surface area is 153 Å². The van der Waals surface area contributed by atoms with Gasteiger partial charge in [0.15, 0.2) is 0 Å². The maximum absolute atomic E-state index is 12.8. The third-order valence-corrected chi connectivity index (χ3v) is 5.34. The average molecular weight is 400 g/mol. The summed E-state index contributed by atoms with van der Waals surface area (Å²) in [6.07, 6.45) is -4.66. The molecule has 144 valence electrons. The van der Waals surface area contributed by atoms with E-state index >= 15 is 0 Å². The van der Waals surface area contributed by atoms with Gasteiger partial charge in [-0.3, -0.25) is 9.52 Å². The van der Waals surface area contributed by atoms with Crippen LogP contribution in [-0.4, -0.2) is 39.4 Å². The minimum atomic E-state index is -4.66. The van der Waals surface area contributed by atoms with Crippen molar-refractivity contribution in [3.63, 3.8) is 0 Å². The van der Waals surface area contributed by atoms with Crippen molar-refractivity contribution < 1.29 is 31.1 Å². The number of nitrogens with zero attached hydrogens (tertiary/aromatic N) is 1. The minimum Gasteiger partial charge on any atom is -0.491 e. The summed E-state index contributed by atoms with van der Waals surface area (Å²) in [7, 11) is -2.69. The summed E-state index contributed by atoms with van der Waals surface area (Å²) >= 11 is 0. The van der Waals surface area contributed by atoms with Crippen LogP contribution in [0.25, 0.3) is 0 Å². The number of carbonyl (C=O) groups is 1. The van der Waals surface area contributed by atoms with Crippen molar-refractivity contribution in [3.05, 3.63) is 53.6 Å². The summed E-state index contributed by atoms with van der Waals surface area (Å²) in [6, 6.07) is 7.52. The Morgan fingerprint density at radius 1 is 1.15 bits per heavy atom. The van der Waals surface area contributed by atoms with E-state index in [2.05, 4.69) is 4.72 Å². The lowest BCUT2D eigenvalue weighted by Gasteiger charge is -2.14. The van der Waals surface area contributed by atoms with Crippen LogP contribution in [0, 0.1) is 0 Å². The van der Waals surface area contributed by atoms with Crippen LogP contribution < -0.4 is 9.46 Å². The predicted molar refractivity (Wildman–Crippen MR) is 91.2 cm³/mol. The van der Waals surface area contributed by atoms with Gasteiger partial charge in [0.25, 0.3) is 15.9 Å². The molecule has 27 heavy (non-hydrogen) atoms. The highest BCUT2D eigenvalue weighted by molar-refractivity contribution is 7.92. The van der Waals surface area contributed by atoms with Crippen molar-refractivity contribution in [3.8, 4) is 5.75 Å². The minimum absolute atomic E-state index is 0.0402. The molecule has 0 bridgehead atoms. The predicted octanol–water partition coefficient (Wildman–Crippen LogP) is 2.97. The Morgan fingerprint density at radius 3 is 2.59 bits per heavy atom. The quantitative estimate of drug-likeness (QED) is 0.860. The van der Waals surface area contributed by atoms with Crippen molar-refractivity contribution in [2.45, 2.75) is 11.1 Å². The number of sulfonamides is 1. The first-order valence-corrected chi connectivity index (χ1v) is 9.29. The molecule has 2 aromatic rings. The molecule has 0 saturated heterocycles. The number of hydrogen-bond donors (Lipinski definition) is 1. The van der Waals surface area contributed by atoms with Gasteiger partial charge < -0.3 is 9.64 Å². The van der Waals surface area contributed by atoms with Crippen LogP contribution in [0.1, 0.15) is 15.9 Å². The second kappa shape index (κ2) is 6.76. The standard InChI is InChI=1S/C17H15F3N2O4S/c1-22-7-8-26-15-6-5-12(10-14(15)16(22)23)21-27(24,25)13-4-2-3-11(9-13)17(18,19)20/h2-6,9-10,21H,7-8H2,1H3. The summed E-state index contributed by atoms with van der Waals surface area (Å²) in [5.74, 6) is -0.0333.